The number of hydrogen-bond acceptors (Lipinski definition) is 8. The first-order valence-electron chi connectivity index (χ1n) is 10.1. The van der Waals surface area contributed by atoms with Gasteiger partial charge in [0.1, 0.15) is 13.2 Å². The average Bonchev–Trinajstić information content (AvgIpc) is 3.24. The van der Waals surface area contributed by atoms with E-state index in [1.165, 1.54) is 24.3 Å². The molecule has 0 aromatic heterocycles. The molecule has 10 heteroatoms. The maximum atomic E-state index is 11.8. The number of imide groups is 2. The van der Waals surface area contributed by atoms with Crippen molar-refractivity contribution in [1.29, 1.82) is 0 Å². The highest BCUT2D eigenvalue weighted by molar-refractivity contribution is 6.13. The number of carbonyl (C=O) groups excluding carboxylic acids is 6. The molecule has 0 radical (unpaired) electrons. The predicted octanol–water partition coefficient (Wildman–Crippen LogP) is 0.650. The van der Waals surface area contributed by atoms with Crippen LogP contribution in [0.4, 0.5) is 0 Å². The minimum absolute atomic E-state index is 0.0694. The molecular formula is C21H26N2O8. The third-order valence-electron chi connectivity index (χ3n) is 4.80. The molecule has 2 unspecified atom stereocenters. The second-order valence-corrected chi connectivity index (χ2v) is 7.38. The number of hydrogen-bond donors (Lipinski definition) is 0. The number of rotatable bonds is 12. The number of esters is 2. The largest absolute Gasteiger partial charge is 0.463 e. The van der Waals surface area contributed by atoms with E-state index in [1.54, 1.807) is 13.8 Å². The molecule has 4 amide bonds. The molecule has 168 valence electrons. The number of nitrogens with zero attached hydrogens (tertiary/aromatic N) is 2. The average molecular weight is 434 g/mol. The van der Waals surface area contributed by atoms with Gasteiger partial charge in [0.25, 0.3) is 23.6 Å². The Morgan fingerprint density at radius 2 is 1.00 bits per heavy atom. The summed E-state index contributed by atoms with van der Waals surface area (Å²) in [4.78, 5) is 71.9. The van der Waals surface area contributed by atoms with E-state index in [-0.39, 0.29) is 26.1 Å². The van der Waals surface area contributed by atoms with Crippen molar-refractivity contribution < 1.29 is 38.2 Å². The molecular weight excluding hydrogens is 408 g/mol. The molecule has 0 aromatic rings. The van der Waals surface area contributed by atoms with Crippen molar-refractivity contribution in [1.82, 2.24) is 9.80 Å². The van der Waals surface area contributed by atoms with Gasteiger partial charge in [-0.05, 0) is 26.7 Å². The van der Waals surface area contributed by atoms with Gasteiger partial charge in [0.2, 0.25) is 0 Å². The molecule has 0 N–H and O–H groups in total. The third-order valence-corrected chi connectivity index (χ3v) is 4.80. The van der Waals surface area contributed by atoms with Gasteiger partial charge in [-0.1, -0.05) is 6.42 Å². The fraction of sp³-hybridized carbons (Fsp3) is 0.524. The molecule has 2 aliphatic heterocycles. The molecule has 0 aliphatic carbocycles. The Morgan fingerprint density at radius 1 is 0.677 bits per heavy atom. The minimum Gasteiger partial charge on any atom is -0.463 e. The maximum absolute atomic E-state index is 11.8. The normalized spacial score (nSPS) is 17.5. The van der Waals surface area contributed by atoms with Crippen molar-refractivity contribution in [3.8, 4) is 0 Å². The van der Waals surface area contributed by atoms with Crippen LogP contribution < -0.4 is 0 Å². The lowest BCUT2D eigenvalue weighted by molar-refractivity contribution is -0.150. The highest BCUT2D eigenvalue weighted by Crippen LogP contribution is 2.12. The third kappa shape index (κ3) is 6.87. The molecule has 0 bridgehead atoms. The SMILES string of the molecule is CC(COC(=O)CCCCCC(=O)OCC(C)N1C(=O)C=CC1=O)N1C(=O)C=CC1=O. The van der Waals surface area contributed by atoms with E-state index in [4.69, 9.17) is 9.47 Å². The van der Waals surface area contributed by atoms with Crippen LogP contribution in [0.25, 0.3) is 0 Å². The molecule has 0 fully saturated rings. The Hall–Kier alpha value is -3.30. The van der Waals surface area contributed by atoms with Crippen molar-refractivity contribution in [2.75, 3.05) is 13.2 Å². The van der Waals surface area contributed by atoms with Gasteiger partial charge < -0.3 is 9.47 Å². The molecule has 0 saturated carbocycles. The lowest BCUT2D eigenvalue weighted by atomic mass is 10.1. The second kappa shape index (κ2) is 11.2. The number of unbranched alkanes of at least 4 members (excludes halogenated alkanes) is 2. The van der Waals surface area contributed by atoms with E-state index >= 15 is 0 Å². The van der Waals surface area contributed by atoms with Crippen molar-refractivity contribution in [2.24, 2.45) is 0 Å². The lowest BCUT2D eigenvalue weighted by Gasteiger charge is -2.22. The molecule has 0 spiro atoms. The molecule has 2 atom stereocenters. The van der Waals surface area contributed by atoms with Gasteiger partial charge in [0, 0.05) is 37.1 Å². The van der Waals surface area contributed by atoms with Crippen LogP contribution in [0.15, 0.2) is 24.3 Å². The lowest BCUT2D eigenvalue weighted by Crippen LogP contribution is -2.41. The molecule has 0 aromatic carbocycles. The highest BCUT2D eigenvalue weighted by atomic mass is 16.5. The Labute approximate surface area is 179 Å². The van der Waals surface area contributed by atoms with Gasteiger partial charge >= 0.3 is 11.9 Å². The first-order chi connectivity index (χ1) is 14.7. The van der Waals surface area contributed by atoms with Gasteiger partial charge in [-0.3, -0.25) is 38.6 Å². The Morgan fingerprint density at radius 3 is 1.32 bits per heavy atom. The summed E-state index contributed by atoms with van der Waals surface area (Å²) in [6.45, 7) is 3.10. The Balaban J connectivity index is 1.52. The van der Waals surface area contributed by atoms with Gasteiger partial charge in [0.15, 0.2) is 0 Å². The Bertz CT molecular complexity index is 714. The topological polar surface area (TPSA) is 127 Å². The van der Waals surface area contributed by atoms with Crippen LogP contribution in [0.3, 0.4) is 0 Å². The van der Waals surface area contributed by atoms with Crippen LogP contribution in [0.5, 0.6) is 0 Å². The number of amides is 4. The number of ether oxygens (including phenoxy) is 2. The van der Waals surface area contributed by atoms with Crippen LogP contribution in [0.2, 0.25) is 0 Å². The van der Waals surface area contributed by atoms with Gasteiger partial charge in [0.05, 0.1) is 12.1 Å². The summed E-state index contributed by atoms with van der Waals surface area (Å²) in [6.07, 6.45) is 6.66. The van der Waals surface area contributed by atoms with Crippen molar-refractivity contribution >= 4 is 35.6 Å². The molecule has 2 rings (SSSR count). The first kappa shape index (κ1) is 24.0. The molecule has 2 heterocycles. The Kier molecular flexibility index (Phi) is 8.65. The summed E-state index contributed by atoms with van der Waals surface area (Å²) in [5.74, 6) is -2.58. The number of carbonyl (C=O) groups is 6. The zero-order chi connectivity index (χ0) is 23.0. The fourth-order valence-electron chi connectivity index (χ4n) is 3.13. The zero-order valence-electron chi connectivity index (χ0n) is 17.6. The highest BCUT2D eigenvalue weighted by Gasteiger charge is 2.30. The van der Waals surface area contributed by atoms with Gasteiger partial charge in [-0.15, -0.1) is 0 Å². The predicted molar refractivity (Wildman–Crippen MR) is 106 cm³/mol. The van der Waals surface area contributed by atoms with Crippen LogP contribution in [0, 0.1) is 0 Å². The van der Waals surface area contributed by atoms with Crippen LogP contribution in [0.1, 0.15) is 46.0 Å². The monoisotopic (exact) mass is 434 g/mol. The van der Waals surface area contributed by atoms with E-state index in [0.29, 0.717) is 19.3 Å². The van der Waals surface area contributed by atoms with Crippen LogP contribution in [-0.4, -0.2) is 70.7 Å². The maximum Gasteiger partial charge on any atom is 0.305 e. The summed E-state index contributed by atoms with van der Waals surface area (Å²) in [6, 6.07) is -1.09. The van der Waals surface area contributed by atoms with E-state index in [1.807, 2.05) is 0 Å². The molecule has 2 aliphatic rings. The summed E-state index contributed by atoms with van der Waals surface area (Å²) >= 11 is 0. The molecule has 31 heavy (non-hydrogen) atoms. The summed E-state index contributed by atoms with van der Waals surface area (Å²) < 4.78 is 10.2. The van der Waals surface area contributed by atoms with Crippen LogP contribution in [-0.2, 0) is 38.2 Å². The van der Waals surface area contributed by atoms with Crippen molar-refractivity contribution in [2.45, 2.75) is 58.0 Å². The quantitative estimate of drug-likeness (QED) is 0.249. The van der Waals surface area contributed by atoms with Crippen LogP contribution >= 0.6 is 0 Å². The van der Waals surface area contributed by atoms with Crippen molar-refractivity contribution in [3.63, 3.8) is 0 Å². The zero-order valence-corrected chi connectivity index (χ0v) is 17.6. The summed E-state index contributed by atoms with van der Waals surface area (Å²) in [5, 5.41) is 0. The van der Waals surface area contributed by atoms with Gasteiger partial charge in [-0.25, -0.2) is 0 Å². The first-order valence-corrected chi connectivity index (χ1v) is 10.1. The standard InChI is InChI=1S/C21H26N2O8/c1-14(22-16(24)8-9-17(22)25)12-30-20(28)6-4-3-5-7-21(29)31-13-15(2)23-18(26)10-11-19(23)27/h8-11,14-15H,3-7,12-13H2,1-2H3. The van der Waals surface area contributed by atoms with Gasteiger partial charge in [-0.2, -0.15) is 0 Å². The van der Waals surface area contributed by atoms with E-state index in [0.717, 1.165) is 9.80 Å². The summed E-state index contributed by atoms with van der Waals surface area (Å²) in [5.41, 5.74) is 0. The minimum atomic E-state index is -0.543. The fourth-order valence-corrected chi connectivity index (χ4v) is 3.13. The molecule has 0 saturated heterocycles. The van der Waals surface area contributed by atoms with Crippen molar-refractivity contribution in [3.05, 3.63) is 24.3 Å². The molecule has 10 nitrogen and oxygen atoms in total. The summed E-state index contributed by atoms with van der Waals surface area (Å²) in [7, 11) is 0. The van der Waals surface area contributed by atoms with E-state index < -0.39 is 47.7 Å². The van der Waals surface area contributed by atoms with E-state index in [2.05, 4.69) is 0 Å². The smallest absolute Gasteiger partial charge is 0.305 e. The second-order valence-electron chi connectivity index (χ2n) is 7.38. The van der Waals surface area contributed by atoms with E-state index in [9.17, 15) is 28.8 Å².